The number of hydrogen-bond acceptors (Lipinski definition) is 4. The molecule has 7 heteroatoms. The van der Waals surface area contributed by atoms with Crippen LogP contribution in [-0.2, 0) is 15.6 Å². The van der Waals surface area contributed by atoms with Gasteiger partial charge in [0.1, 0.15) is 30.1 Å². The summed E-state index contributed by atoms with van der Waals surface area (Å²) < 4.78 is 55.0. The molecule has 2 aromatic rings. The van der Waals surface area contributed by atoms with Gasteiger partial charge in [0.15, 0.2) is 9.84 Å². The first-order valence-corrected chi connectivity index (χ1v) is 8.67. The number of halogens is 2. The van der Waals surface area contributed by atoms with Crippen LogP contribution in [0, 0.1) is 11.6 Å². The third-order valence-corrected chi connectivity index (χ3v) is 4.64. The van der Waals surface area contributed by atoms with Gasteiger partial charge >= 0.3 is 0 Å². The lowest BCUT2D eigenvalue weighted by Crippen LogP contribution is -2.27. The van der Waals surface area contributed by atoms with Gasteiger partial charge in [0.05, 0.1) is 11.5 Å². The predicted octanol–water partition coefficient (Wildman–Crippen LogP) is 2.32. The van der Waals surface area contributed by atoms with Crippen molar-refractivity contribution >= 4 is 9.84 Å². The minimum atomic E-state index is -3.62. The topological polar surface area (TPSA) is 63.6 Å². The van der Waals surface area contributed by atoms with Crippen molar-refractivity contribution in [3.05, 3.63) is 65.7 Å². The highest BCUT2D eigenvalue weighted by molar-refractivity contribution is 7.90. The van der Waals surface area contributed by atoms with E-state index >= 15 is 0 Å². The van der Waals surface area contributed by atoms with Gasteiger partial charge in [-0.1, -0.05) is 12.1 Å². The van der Waals surface area contributed by atoms with Gasteiger partial charge in [-0.05, 0) is 42.0 Å². The molecule has 0 heterocycles. The Labute approximate surface area is 133 Å². The molecule has 124 valence electrons. The van der Waals surface area contributed by atoms with Gasteiger partial charge < -0.3 is 9.84 Å². The van der Waals surface area contributed by atoms with Gasteiger partial charge in [0, 0.05) is 0 Å². The first-order chi connectivity index (χ1) is 10.8. The molecule has 0 aromatic heterocycles. The van der Waals surface area contributed by atoms with E-state index in [9.17, 15) is 22.3 Å². The van der Waals surface area contributed by atoms with E-state index in [-0.39, 0.29) is 12.4 Å². The van der Waals surface area contributed by atoms with Crippen molar-refractivity contribution in [2.24, 2.45) is 0 Å². The number of aliphatic hydroxyl groups is 1. The van der Waals surface area contributed by atoms with Crippen LogP contribution in [0.1, 0.15) is 5.56 Å². The third kappa shape index (κ3) is 5.96. The number of sulfone groups is 1. The van der Waals surface area contributed by atoms with Crippen LogP contribution in [0.2, 0.25) is 0 Å². The zero-order chi connectivity index (χ0) is 16.9. The molecule has 0 fully saturated rings. The molecule has 0 saturated heterocycles. The Morgan fingerprint density at radius 1 is 1.04 bits per heavy atom. The minimum Gasteiger partial charge on any atom is -0.491 e. The molecule has 4 nitrogen and oxygen atoms in total. The Morgan fingerprint density at radius 2 is 1.74 bits per heavy atom. The summed E-state index contributed by atoms with van der Waals surface area (Å²) in [5.41, 5.74) is 0.316. The average Bonchev–Trinajstić information content (AvgIpc) is 2.45. The second-order valence-corrected chi connectivity index (χ2v) is 7.21. The van der Waals surface area contributed by atoms with Crippen molar-refractivity contribution < 1.29 is 27.0 Å². The van der Waals surface area contributed by atoms with Crippen LogP contribution >= 0.6 is 0 Å². The number of benzene rings is 2. The van der Waals surface area contributed by atoms with Crippen molar-refractivity contribution in [2.75, 3.05) is 12.4 Å². The van der Waals surface area contributed by atoms with Gasteiger partial charge in [-0.15, -0.1) is 0 Å². The molecule has 1 N–H and O–H groups in total. The van der Waals surface area contributed by atoms with E-state index in [0.717, 1.165) is 6.07 Å². The molecule has 0 saturated carbocycles. The smallest absolute Gasteiger partial charge is 0.157 e. The van der Waals surface area contributed by atoms with Crippen molar-refractivity contribution in [3.8, 4) is 5.75 Å². The highest BCUT2D eigenvalue weighted by atomic mass is 32.2. The predicted molar refractivity (Wildman–Crippen MR) is 81.8 cm³/mol. The van der Waals surface area contributed by atoms with Crippen LogP contribution in [0.4, 0.5) is 8.78 Å². The summed E-state index contributed by atoms with van der Waals surface area (Å²) >= 11 is 0. The molecule has 2 rings (SSSR count). The van der Waals surface area contributed by atoms with E-state index in [4.69, 9.17) is 4.74 Å². The second-order valence-electron chi connectivity index (χ2n) is 5.10. The van der Waals surface area contributed by atoms with Gasteiger partial charge in [-0.3, -0.25) is 0 Å². The summed E-state index contributed by atoms with van der Waals surface area (Å²) in [7, 11) is -3.62. The van der Waals surface area contributed by atoms with Crippen LogP contribution in [0.5, 0.6) is 5.75 Å². The van der Waals surface area contributed by atoms with Crippen molar-refractivity contribution in [3.63, 3.8) is 0 Å². The van der Waals surface area contributed by atoms with Crippen LogP contribution in [0.25, 0.3) is 0 Å². The standard InChI is InChI=1S/C16H16F2O4S/c17-13-4-6-16(7-5-13)22-9-15(19)11-23(20,21)10-12-2-1-3-14(18)8-12/h1-8,15,19H,9-11H2. The van der Waals surface area contributed by atoms with E-state index in [1.807, 2.05) is 0 Å². The number of rotatable bonds is 7. The molecule has 2 aromatic carbocycles. The van der Waals surface area contributed by atoms with Gasteiger partial charge in [0.25, 0.3) is 0 Å². The molecule has 1 unspecified atom stereocenters. The summed E-state index contributed by atoms with van der Waals surface area (Å²) in [5.74, 6) is -1.48. The Hall–Kier alpha value is -1.99. The minimum absolute atomic E-state index is 0.242. The van der Waals surface area contributed by atoms with Gasteiger partial charge in [-0.25, -0.2) is 17.2 Å². The third-order valence-electron chi connectivity index (χ3n) is 2.98. The zero-order valence-electron chi connectivity index (χ0n) is 12.2. The van der Waals surface area contributed by atoms with E-state index in [1.165, 1.54) is 42.5 Å². The number of hydrogen-bond donors (Lipinski definition) is 1. The maximum atomic E-state index is 13.1. The Bertz CT molecular complexity index is 745. The summed E-state index contributed by atoms with van der Waals surface area (Å²) in [4.78, 5) is 0. The van der Waals surface area contributed by atoms with Crippen molar-refractivity contribution in [1.82, 2.24) is 0 Å². The summed E-state index contributed by atoms with van der Waals surface area (Å²) in [6.07, 6.45) is -1.24. The van der Waals surface area contributed by atoms with Gasteiger partial charge in [0.2, 0.25) is 0 Å². The van der Waals surface area contributed by atoms with E-state index in [2.05, 4.69) is 0 Å². The lowest BCUT2D eigenvalue weighted by molar-refractivity contribution is 0.125. The molecule has 0 aliphatic rings. The Kier molecular flexibility index (Phi) is 5.68. The lowest BCUT2D eigenvalue weighted by atomic mass is 10.2. The lowest BCUT2D eigenvalue weighted by Gasteiger charge is -2.13. The van der Waals surface area contributed by atoms with Crippen molar-refractivity contribution in [2.45, 2.75) is 11.9 Å². The van der Waals surface area contributed by atoms with Crippen LogP contribution in [-0.4, -0.2) is 32.0 Å². The maximum absolute atomic E-state index is 13.1. The molecule has 0 bridgehead atoms. The maximum Gasteiger partial charge on any atom is 0.157 e. The highest BCUT2D eigenvalue weighted by Crippen LogP contribution is 2.13. The van der Waals surface area contributed by atoms with Gasteiger partial charge in [-0.2, -0.15) is 0 Å². The Balaban J connectivity index is 1.88. The normalized spacial score (nSPS) is 12.8. The highest BCUT2D eigenvalue weighted by Gasteiger charge is 2.19. The van der Waals surface area contributed by atoms with Crippen LogP contribution < -0.4 is 4.74 Å². The molecular formula is C16H16F2O4S. The molecular weight excluding hydrogens is 326 g/mol. The molecule has 0 amide bonds. The fourth-order valence-electron chi connectivity index (χ4n) is 2.00. The number of aliphatic hydroxyl groups excluding tert-OH is 1. The molecule has 23 heavy (non-hydrogen) atoms. The summed E-state index contributed by atoms with van der Waals surface area (Å²) in [6, 6.07) is 10.4. The average molecular weight is 342 g/mol. The molecule has 0 aliphatic heterocycles. The molecule has 1 atom stereocenters. The summed E-state index contributed by atoms with van der Waals surface area (Å²) in [5, 5.41) is 9.78. The van der Waals surface area contributed by atoms with E-state index in [0.29, 0.717) is 11.3 Å². The molecule has 0 aliphatic carbocycles. The first-order valence-electron chi connectivity index (χ1n) is 6.85. The fraction of sp³-hybridized carbons (Fsp3) is 0.250. The quantitative estimate of drug-likeness (QED) is 0.839. The molecule has 0 spiro atoms. The zero-order valence-corrected chi connectivity index (χ0v) is 13.0. The second kappa shape index (κ2) is 7.52. The monoisotopic (exact) mass is 342 g/mol. The van der Waals surface area contributed by atoms with E-state index < -0.39 is 33.3 Å². The van der Waals surface area contributed by atoms with Crippen LogP contribution in [0.15, 0.2) is 48.5 Å². The van der Waals surface area contributed by atoms with Crippen LogP contribution in [0.3, 0.4) is 0 Å². The number of ether oxygens (including phenoxy) is 1. The fourth-order valence-corrected chi connectivity index (χ4v) is 3.49. The van der Waals surface area contributed by atoms with Crippen molar-refractivity contribution in [1.29, 1.82) is 0 Å². The largest absolute Gasteiger partial charge is 0.491 e. The Morgan fingerprint density at radius 3 is 2.39 bits per heavy atom. The summed E-state index contributed by atoms with van der Waals surface area (Å²) in [6.45, 7) is -0.242. The SMILES string of the molecule is O=S(=O)(Cc1cccc(F)c1)CC(O)COc1ccc(F)cc1. The first kappa shape index (κ1) is 17.4. The molecule has 0 radical (unpaired) electrons. The van der Waals surface area contributed by atoms with E-state index in [1.54, 1.807) is 0 Å².